The average Bonchev–Trinajstić information content (AvgIpc) is 3.16. The second-order valence-electron chi connectivity index (χ2n) is 5.83. The van der Waals surface area contributed by atoms with Gasteiger partial charge in [0.05, 0.1) is 12.5 Å². The third kappa shape index (κ3) is 2.16. The highest BCUT2D eigenvalue weighted by Gasteiger charge is 2.28. The van der Waals surface area contributed by atoms with Crippen molar-refractivity contribution in [2.75, 3.05) is 11.4 Å². The molecule has 2 aromatic heterocycles. The summed E-state index contributed by atoms with van der Waals surface area (Å²) in [7, 11) is 1.46. The zero-order valence-electron chi connectivity index (χ0n) is 13.4. The molecule has 0 saturated carbocycles. The Morgan fingerprint density at radius 3 is 2.60 bits per heavy atom. The van der Waals surface area contributed by atoms with Crippen LogP contribution in [0.4, 0.5) is 11.6 Å². The van der Waals surface area contributed by atoms with Gasteiger partial charge in [0, 0.05) is 25.8 Å². The fraction of sp³-hybridized carbons (Fsp3) is 0.250. The average molecular weight is 340 g/mol. The van der Waals surface area contributed by atoms with E-state index in [0.29, 0.717) is 23.6 Å². The van der Waals surface area contributed by atoms with Crippen LogP contribution in [0.5, 0.6) is 0 Å². The highest BCUT2D eigenvalue weighted by molar-refractivity contribution is 5.78. The first kappa shape index (κ1) is 15.2. The van der Waals surface area contributed by atoms with Crippen molar-refractivity contribution >= 4 is 28.8 Å². The van der Waals surface area contributed by atoms with Gasteiger partial charge in [-0.3, -0.25) is 13.9 Å². The minimum absolute atomic E-state index is 0.219. The molecule has 0 radical (unpaired) electrons. The number of carbonyl (C=O) groups excluding carboxylic acids is 1. The van der Waals surface area contributed by atoms with Gasteiger partial charge in [-0.15, -0.1) is 0 Å². The number of fused-ring (bicyclic) bond motifs is 3. The number of anilines is 2. The molecule has 0 unspecified atom stereocenters. The Morgan fingerprint density at radius 1 is 1.20 bits per heavy atom. The predicted octanol–water partition coefficient (Wildman–Crippen LogP) is -1.20. The first-order chi connectivity index (χ1) is 12.0. The van der Waals surface area contributed by atoms with E-state index in [-0.39, 0.29) is 11.2 Å². The zero-order valence-corrected chi connectivity index (χ0v) is 13.4. The van der Waals surface area contributed by atoms with Crippen molar-refractivity contribution in [1.82, 2.24) is 18.7 Å². The van der Waals surface area contributed by atoms with Crippen molar-refractivity contribution in [3.05, 3.63) is 51.2 Å². The lowest BCUT2D eigenvalue weighted by atomic mass is 10.3. The van der Waals surface area contributed by atoms with Crippen LogP contribution in [0.2, 0.25) is 0 Å². The third-order valence-electron chi connectivity index (χ3n) is 4.36. The lowest BCUT2D eigenvalue weighted by Gasteiger charge is -2.15. The molecule has 0 amide bonds. The molecule has 1 aromatic carbocycles. The molecular weight excluding hydrogens is 326 g/mol. The highest BCUT2D eigenvalue weighted by atomic mass is 16.4. The van der Waals surface area contributed by atoms with E-state index in [0.717, 1.165) is 5.69 Å². The molecule has 0 atom stereocenters. The Hall–Kier alpha value is -3.36. The van der Waals surface area contributed by atoms with Crippen LogP contribution in [0.15, 0.2) is 39.9 Å². The Balaban J connectivity index is 1.98. The maximum atomic E-state index is 12.7. The molecule has 0 fully saturated rings. The number of imidazole rings is 1. The molecule has 3 aromatic rings. The smallest absolute Gasteiger partial charge is 0.332 e. The summed E-state index contributed by atoms with van der Waals surface area (Å²) in [6.45, 7) is 0.356. The molecule has 0 N–H and O–H groups in total. The van der Waals surface area contributed by atoms with E-state index >= 15 is 0 Å². The van der Waals surface area contributed by atoms with E-state index in [1.54, 1.807) is 4.57 Å². The minimum atomic E-state index is -1.49. The normalized spacial score (nSPS) is 13.4. The van der Waals surface area contributed by atoms with Crippen LogP contribution in [0, 0.1) is 0 Å². The van der Waals surface area contributed by atoms with E-state index in [9.17, 15) is 19.5 Å². The van der Waals surface area contributed by atoms with Gasteiger partial charge in [0.2, 0.25) is 5.95 Å². The monoisotopic (exact) mass is 340 g/mol. The van der Waals surface area contributed by atoms with Gasteiger partial charge in [-0.2, -0.15) is 4.98 Å². The van der Waals surface area contributed by atoms with Gasteiger partial charge in [-0.05, 0) is 12.1 Å². The molecule has 4 rings (SSSR count). The molecule has 0 spiro atoms. The number of nitrogens with zero attached hydrogens (tertiary/aromatic N) is 5. The summed E-state index contributed by atoms with van der Waals surface area (Å²) >= 11 is 0. The molecule has 25 heavy (non-hydrogen) atoms. The number of aryl methyl sites for hydroxylation is 1. The zero-order chi connectivity index (χ0) is 17.7. The second-order valence-corrected chi connectivity index (χ2v) is 5.83. The molecule has 0 bridgehead atoms. The standard InChI is InChI=1S/C16H15N5O4/c1-18-13-12(14(24)21(16(18)25)9-11(22)23)20-8-7-19(15(20)17-13)10-5-3-2-4-6-10/h2-6H,7-9H2,1H3,(H,22,23)/p-1. The van der Waals surface area contributed by atoms with Gasteiger partial charge in [-0.25, -0.2) is 4.79 Å². The third-order valence-corrected chi connectivity index (χ3v) is 4.36. The summed E-state index contributed by atoms with van der Waals surface area (Å²) in [6, 6.07) is 9.59. The molecule has 1 aliphatic rings. The maximum Gasteiger partial charge on any atom is 0.332 e. The highest BCUT2D eigenvalue weighted by Crippen LogP contribution is 2.31. The Labute approximate surface area is 141 Å². The Morgan fingerprint density at radius 2 is 1.92 bits per heavy atom. The number of aromatic nitrogens is 4. The number of aliphatic carboxylic acids is 1. The lowest BCUT2D eigenvalue weighted by Crippen LogP contribution is -2.44. The lowest BCUT2D eigenvalue weighted by molar-refractivity contribution is -0.306. The number of carboxylic acids is 1. The molecule has 0 saturated heterocycles. The van der Waals surface area contributed by atoms with Crippen LogP contribution in [-0.2, 0) is 24.9 Å². The summed E-state index contributed by atoms with van der Waals surface area (Å²) in [5.41, 5.74) is -0.0191. The van der Waals surface area contributed by atoms with Crippen molar-refractivity contribution in [2.24, 2.45) is 7.05 Å². The van der Waals surface area contributed by atoms with Gasteiger partial charge in [0.1, 0.15) is 0 Å². The van der Waals surface area contributed by atoms with E-state index in [4.69, 9.17) is 0 Å². The van der Waals surface area contributed by atoms with Crippen LogP contribution >= 0.6 is 0 Å². The number of benzene rings is 1. The summed E-state index contributed by atoms with van der Waals surface area (Å²) < 4.78 is 3.57. The van der Waals surface area contributed by atoms with Gasteiger partial charge in [0.15, 0.2) is 11.2 Å². The van der Waals surface area contributed by atoms with Crippen LogP contribution in [0.3, 0.4) is 0 Å². The van der Waals surface area contributed by atoms with Crippen molar-refractivity contribution < 1.29 is 9.90 Å². The topological polar surface area (TPSA) is 105 Å². The first-order valence-corrected chi connectivity index (χ1v) is 7.71. The molecule has 1 aliphatic heterocycles. The summed E-state index contributed by atoms with van der Waals surface area (Å²) in [6.07, 6.45) is 0. The number of carbonyl (C=O) groups is 1. The first-order valence-electron chi connectivity index (χ1n) is 7.71. The van der Waals surface area contributed by atoms with E-state index in [1.165, 1.54) is 11.6 Å². The summed E-state index contributed by atoms with van der Waals surface area (Å²) in [5.74, 6) is -0.940. The number of para-hydroxylation sites is 1. The predicted molar refractivity (Wildman–Crippen MR) is 87.7 cm³/mol. The van der Waals surface area contributed by atoms with Crippen LogP contribution in [0.25, 0.3) is 11.2 Å². The fourth-order valence-corrected chi connectivity index (χ4v) is 3.20. The van der Waals surface area contributed by atoms with Gasteiger partial charge in [0.25, 0.3) is 5.56 Å². The Bertz CT molecular complexity index is 1110. The fourth-order valence-electron chi connectivity index (χ4n) is 3.20. The second kappa shape index (κ2) is 5.33. The van der Waals surface area contributed by atoms with Crippen molar-refractivity contribution in [2.45, 2.75) is 13.1 Å². The molecule has 9 heteroatoms. The van der Waals surface area contributed by atoms with Crippen molar-refractivity contribution in [1.29, 1.82) is 0 Å². The minimum Gasteiger partial charge on any atom is -0.548 e. The Kier molecular flexibility index (Phi) is 3.24. The number of carboxylic acid groups (broad SMARTS) is 1. The van der Waals surface area contributed by atoms with Crippen LogP contribution in [-0.4, -0.2) is 31.2 Å². The molecule has 0 aliphatic carbocycles. The molecule has 128 valence electrons. The number of rotatable bonds is 3. The van der Waals surface area contributed by atoms with Crippen LogP contribution in [0.1, 0.15) is 0 Å². The van der Waals surface area contributed by atoms with Crippen LogP contribution < -0.4 is 21.3 Å². The molecule has 3 heterocycles. The maximum absolute atomic E-state index is 12.7. The SMILES string of the molecule is Cn1c(=O)n(CC(=O)[O-])c(=O)c2c1nc1n2CCN1c1ccccc1. The van der Waals surface area contributed by atoms with E-state index in [1.807, 2.05) is 35.2 Å². The summed E-state index contributed by atoms with van der Waals surface area (Å²) in [4.78, 5) is 42.3. The van der Waals surface area contributed by atoms with Gasteiger partial charge >= 0.3 is 5.69 Å². The van der Waals surface area contributed by atoms with E-state index < -0.39 is 23.8 Å². The quantitative estimate of drug-likeness (QED) is 0.593. The van der Waals surface area contributed by atoms with E-state index in [2.05, 4.69) is 4.98 Å². The summed E-state index contributed by atoms with van der Waals surface area (Å²) in [5, 5.41) is 10.9. The number of hydrogen-bond acceptors (Lipinski definition) is 6. The van der Waals surface area contributed by atoms with Crippen molar-refractivity contribution in [3.8, 4) is 0 Å². The molecular formula is C16H14N5O4-. The van der Waals surface area contributed by atoms with Crippen molar-refractivity contribution in [3.63, 3.8) is 0 Å². The molecule has 9 nitrogen and oxygen atoms in total. The van der Waals surface area contributed by atoms with Gasteiger partial charge in [-0.1, -0.05) is 18.2 Å². The number of hydrogen-bond donors (Lipinski definition) is 0. The van der Waals surface area contributed by atoms with Gasteiger partial charge < -0.3 is 19.4 Å². The largest absolute Gasteiger partial charge is 0.548 e.